The van der Waals surface area contributed by atoms with E-state index in [-0.39, 0.29) is 12.1 Å². The predicted molar refractivity (Wildman–Crippen MR) is 72.3 cm³/mol. The van der Waals surface area contributed by atoms with Crippen LogP contribution in [0, 0.1) is 12.8 Å². The lowest BCUT2D eigenvalue weighted by Crippen LogP contribution is -2.45. The summed E-state index contributed by atoms with van der Waals surface area (Å²) in [6, 6.07) is 8.40. The highest BCUT2D eigenvalue weighted by Gasteiger charge is 2.35. The number of hydrogen-bond acceptors (Lipinski definition) is 2. The van der Waals surface area contributed by atoms with Crippen molar-refractivity contribution < 1.29 is 5.11 Å². The van der Waals surface area contributed by atoms with Gasteiger partial charge in [-0.2, -0.15) is 0 Å². The average molecular weight is 233 g/mol. The molecule has 1 fully saturated rings. The Balaban J connectivity index is 2.10. The smallest absolute Gasteiger partial charge is 0.0661 e. The Bertz CT molecular complexity index is 354. The number of benzene rings is 1. The average Bonchev–Trinajstić information content (AvgIpc) is 2.86. The van der Waals surface area contributed by atoms with Crippen LogP contribution in [0.3, 0.4) is 0 Å². The molecule has 17 heavy (non-hydrogen) atoms. The van der Waals surface area contributed by atoms with E-state index in [1.54, 1.807) is 0 Å². The van der Waals surface area contributed by atoms with Crippen molar-refractivity contribution in [3.8, 4) is 0 Å². The Morgan fingerprint density at radius 3 is 2.35 bits per heavy atom. The largest absolute Gasteiger partial charge is 0.394 e. The van der Waals surface area contributed by atoms with Crippen LogP contribution in [0.25, 0.3) is 0 Å². The van der Waals surface area contributed by atoms with Crippen molar-refractivity contribution >= 4 is 5.69 Å². The molecule has 0 radical (unpaired) electrons. The molecular formula is C15H23NO. The Morgan fingerprint density at radius 1 is 1.24 bits per heavy atom. The molecule has 0 saturated heterocycles. The van der Waals surface area contributed by atoms with Crippen molar-refractivity contribution in [2.75, 3.05) is 11.9 Å². The minimum Gasteiger partial charge on any atom is -0.394 e. The van der Waals surface area contributed by atoms with E-state index in [2.05, 4.69) is 43.4 Å². The van der Waals surface area contributed by atoms with Crippen LogP contribution in [-0.4, -0.2) is 17.3 Å². The number of aryl methyl sites for hydroxylation is 1. The lowest BCUT2D eigenvalue weighted by atomic mass is 9.84. The van der Waals surface area contributed by atoms with Gasteiger partial charge in [-0.05, 0) is 44.7 Å². The van der Waals surface area contributed by atoms with E-state index in [4.69, 9.17) is 0 Å². The summed E-state index contributed by atoms with van der Waals surface area (Å²) in [7, 11) is 0. The molecule has 0 aromatic heterocycles. The van der Waals surface area contributed by atoms with E-state index in [0.717, 1.165) is 5.69 Å². The quantitative estimate of drug-likeness (QED) is 0.836. The molecule has 2 N–H and O–H groups in total. The number of aliphatic hydroxyl groups is 1. The van der Waals surface area contributed by atoms with E-state index in [0.29, 0.717) is 5.92 Å². The molecule has 1 aromatic rings. The van der Waals surface area contributed by atoms with Crippen molar-refractivity contribution in [3.63, 3.8) is 0 Å². The number of nitrogens with one attached hydrogen (secondary N) is 1. The van der Waals surface area contributed by atoms with Gasteiger partial charge in [0, 0.05) is 5.69 Å². The maximum absolute atomic E-state index is 9.70. The molecule has 1 unspecified atom stereocenters. The van der Waals surface area contributed by atoms with Crippen LogP contribution in [0.1, 0.15) is 38.2 Å². The van der Waals surface area contributed by atoms with Crippen molar-refractivity contribution in [2.24, 2.45) is 5.92 Å². The minimum absolute atomic E-state index is 0.175. The van der Waals surface area contributed by atoms with Gasteiger partial charge in [-0.15, -0.1) is 0 Å². The van der Waals surface area contributed by atoms with Gasteiger partial charge in [0.05, 0.1) is 12.1 Å². The zero-order chi connectivity index (χ0) is 12.3. The first-order valence-electron chi connectivity index (χ1n) is 6.60. The van der Waals surface area contributed by atoms with Gasteiger partial charge < -0.3 is 10.4 Å². The second-order valence-electron chi connectivity index (χ2n) is 5.55. The molecule has 1 saturated carbocycles. The molecule has 0 spiro atoms. The zero-order valence-electron chi connectivity index (χ0n) is 10.9. The Hall–Kier alpha value is -1.02. The van der Waals surface area contributed by atoms with Gasteiger partial charge >= 0.3 is 0 Å². The third-order valence-corrected chi connectivity index (χ3v) is 4.07. The molecule has 1 aromatic carbocycles. The first-order chi connectivity index (χ1) is 8.14. The molecule has 94 valence electrons. The summed E-state index contributed by atoms with van der Waals surface area (Å²) in [5.41, 5.74) is 2.20. The van der Waals surface area contributed by atoms with Crippen molar-refractivity contribution in [3.05, 3.63) is 29.8 Å². The van der Waals surface area contributed by atoms with E-state index in [1.165, 1.54) is 31.2 Å². The molecule has 1 aliphatic carbocycles. The van der Waals surface area contributed by atoms with E-state index in [9.17, 15) is 5.11 Å². The second kappa shape index (κ2) is 5.09. The normalized spacial score (nSPS) is 20.2. The van der Waals surface area contributed by atoms with Crippen LogP contribution in [0.4, 0.5) is 5.69 Å². The third kappa shape index (κ3) is 2.81. The topological polar surface area (TPSA) is 32.3 Å². The summed E-state index contributed by atoms with van der Waals surface area (Å²) in [5, 5.41) is 13.2. The van der Waals surface area contributed by atoms with Crippen LogP contribution in [0.15, 0.2) is 24.3 Å². The summed E-state index contributed by atoms with van der Waals surface area (Å²) >= 11 is 0. The molecular weight excluding hydrogens is 210 g/mol. The molecule has 1 atom stereocenters. The molecule has 1 aliphatic rings. The summed E-state index contributed by atoms with van der Waals surface area (Å²) in [6.07, 6.45) is 5.07. The molecule has 0 bridgehead atoms. The fraction of sp³-hybridized carbons (Fsp3) is 0.600. The standard InChI is InChI=1S/C15H23NO/c1-12-7-9-14(10-8-12)16-15(2,11-17)13-5-3-4-6-13/h7-10,13,16-17H,3-6,11H2,1-2H3. The van der Waals surface area contributed by atoms with Gasteiger partial charge in [0.2, 0.25) is 0 Å². The maximum atomic E-state index is 9.70. The molecule has 2 heteroatoms. The van der Waals surface area contributed by atoms with Gasteiger partial charge in [0.25, 0.3) is 0 Å². The second-order valence-corrected chi connectivity index (χ2v) is 5.55. The van der Waals surface area contributed by atoms with Crippen molar-refractivity contribution in [1.29, 1.82) is 0 Å². The van der Waals surface area contributed by atoms with Gasteiger partial charge in [-0.3, -0.25) is 0 Å². The number of rotatable bonds is 4. The van der Waals surface area contributed by atoms with Crippen LogP contribution >= 0.6 is 0 Å². The third-order valence-electron chi connectivity index (χ3n) is 4.07. The first kappa shape index (κ1) is 12.4. The lowest BCUT2D eigenvalue weighted by molar-refractivity contribution is 0.172. The minimum atomic E-state index is -0.175. The molecule has 0 amide bonds. The molecule has 0 heterocycles. The molecule has 0 aliphatic heterocycles. The van der Waals surface area contributed by atoms with E-state index < -0.39 is 0 Å². The monoisotopic (exact) mass is 233 g/mol. The highest BCUT2D eigenvalue weighted by molar-refractivity contribution is 5.47. The molecule has 2 rings (SSSR count). The van der Waals surface area contributed by atoms with Gasteiger partial charge in [0.15, 0.2) is 0 Å². The van der Waals surface area contributed by atoms with Gasteiger partial charge in [-0.1, -0.05) is 30.5 Å². The Labute approximate surface area is 104 Å². The SMILES string of the molecule is Cc1ccc(NC(C)(CO)C2CCCC2)cc1. The summed E-state index contributed by atoms with van der Waals surface area (Å²) in [5.74, 6) is 0.591. The fourth-order valence-electron chi connectivity index (χ4n) is 2.80. The highest BCUT2D eigenvalue weighted by atomic mass is 16.3. The Morgan fingerprint density at radius 2 is 1.82 bits per heavy atom. The summed E-state index contributed by atoms with van der Waals surface area (Å²) in [4.78, 5) is 0. The van der Waals surface area contributed by atoms with Crippen LogP contribution in [0.5, 0.6) is 0 Å². The van der Waals surface area contributed by atoms with Crippen molar-refractivity contribution in [1.82, 2.24) is 0 Å². The number of hydrogen-bond donors (Lipinski definition) is 2. The highest BCUT2D eigenvalue weighted by Crippen LogP contribution is 2.35. The fourth-order valence-corrected chi connectivity index (χ4v) is 2.80. The predicted octanol–water partition coefficient (Wildman–Crippen LogP) is 3.35. The lowest BCUT2D eigenvalue weighted by Gasteiger charge is -2.36. The van der Waals surface area contributed by atoms with Crippen LogP contribution in [0.2, 0.25) is 0 Å². The summed E-state index contributed by atoms with van der Waals surface area (Å²) in [6.45, 7) is 4.43. The Kier molecular flexibility index (Phi) is 3.72. The summed E-state index contributed by atoms with van der Waals surface area (Å²) < 4.78 is 0. The van der Waals surface area contributed by atoms with Gasteiger partial charge in [-0.25, -0.2) is 0 Å². The first-order valence-corrected chi connectivity index (χ1v) is 6.60. The molecule has 2 nitrogen and oxygen atoms in total. The zero-order valence-corrected chi connectivity index (χ0v) is 10.9. The van der Waals surface area contributed by atoms with E-state index >= 15 is 0 Å². The number of aliphatic hydroxyl groups excluding tert-OH is 1. The van der Waals surface area contributed by atoms with Crippen LogP contribution < -0.4 is 5.32 Å². The maximum Gasteiger partial charge on any atom is 0.0661 e. The van der Waals surface area contributed by atoms with E-state index in [1.807, 2.05) is 0 Å². The van der Waals surface area contributed by atoms with Crippen molar-refractivity contribution in [2.45, 2.75) is 45.1 Å². The number of anilines is 1. The van der Waals surface area contributed by atoms with Gasteiger partial charge in [0.1, 0.15) is 0 Å². The van der Waals surface area contributed by atoms with Crippen LogP contribution in [-0.2, 0) is 0 Å².